The van der Waals surface area contributed by atoms with Crippen molar-refractivity contribution in [2.45, 2.75) is 12.1 Å². The zero-order valence-corrected chi connectivity index (χ0v) is 15.4. The maximum atomic E-state index is 12.4. The number of carbonyl (C=O) groups is 1. The number of anilines is 1. The molecule has 3 rings (SSSR count). The van der Waals surface area contributed by atoms with Gasteiger partial charge in [0.25, 0.3) is 5.56 Å². The minimum atomic E-state index is -0.222. The number of nitrogens with zero attached hydrogens (tertiary/aromatic N) is 3. The third kappa shape index (κ3) is 4.63. The second-order valence-electron chi connectivity index (χ2n) is 5.72. The van der Waals surface area contributed by atoms with E-state index in [0.29, 0.717) is 27.8 Å². The number of aromatic nitrogens is 2. The van der Waals surface area contributed by atoms with E-state index in [1.165, 1.54) is 22.4 Å². The van der Waals surface area contributed by atoms with Gasteiger partial charge in [0.1, 0.15) is 0 Å². The van der Waals surface area contributed by atoms with Crippen LogP contribution in [0, 0.1) is 18.3 Å². The van der Waals surface area contributed by atoms with Gasteiger partial charge in [0.2, 0.25) is 5.91 Å². The zero-order valence-electron chi connectivity index (χ0n) is 14.5. The third-order valence-electron chi connectivity index (χ3n) is 3.66. The summed E-state index contributed by atoms with van der Waals surface area (Å²) in [6, 6.07) is 19.3. The lowest BCUT2D eigenvalue weighted by Crippen LogP contribution is -2.22. The molecule has 0 bridgehead atoms. The summed E-state index contributed by atoms with van der Waals surface area (Å²) < 4.78 is 1.49. The van der Waals surface area contributed by atoms with Gasteiger partial charge in [-0.2, -0.15) is 5.26 Å². The fourth-order valence-corrected chi connectivity index (χ4v) is 3.30. The quantitative estimate of drug-likeness (QED) is 0.546. The van der Waals surface area contributed by atoms with Crippen molar-refractivity contribution in [3.05, 3.63) is 82.3 Å². The van der Waals surface area contributed by atoms with Crippen LogP contribution in [0.15, 0.2) is 70.6 Å². The largest absolute Gasteiger partial charge is 0.325 e. The van der Waals surface area contributed by atoms with E-state index < -0.39 is 0 Å². The number of hydrogen-bond donors (Lipinski definition) is 1. The molecule has 0 spiro atoms. The molecule has 2 aromatic carbocycles. The van der Waals surface area contributed by atoms with Crippen molar-refractivity contribution in [3.63, 3.8) is 0 Å². The highest BCUT2D eigenvalue weighted by Crippen LogP contribution is 2.19. The number of hydrogen-bond acceptors (Lipinski definition) is 5. The molecule has 1 aromatic heterocycles. The zero-order chi connectivity index (χ0) is 19.2. The lowest BCUT2D eigenvalue weighted by molar-refractivity contribution is -0.113. The van der Waals surface area contributed by atoms with Gasteiger partial charge in [0.15, 0.2) is 5.16 Å². The highest BCUT2D eigenvalue weighted by atomic mass is 32.2. The molecule has 6 nitrogen and oxygen atoms in total. The smallest absolute Gasteiger partial charge is 0.258 e. The van der Waals surface area contributed by atoms with E-state index in [0.717, 1.165) is 0 Å². The molecule has 0 aliphatic heterocycles. The van der Waals surface area contributed by atoms with Crippen LogP contribution >= 0.6 is 11.8 Å². The first-order chi connectivity index (χ1) is 13.1. The average molecular weight is 376 g/mol. The summed E-state index contributed by atoms with van der Waals surface area (Å²) in [7, 11) is 0. The lowest BCUT2D eigenvalue weighted by Gasteiger charge is -2.12. The van der Waals surface area contributed by atoms with Gasteiger partial charge in [-0.15, -0.1) is 0 Å². The second-order valence-corrected chi connectivity index (χ2v) is 6.66. The number of para-hydroxylation sites is 1. The molecular formula is C20H16N4O2S. The van der Waals surface area contributed by atoms with Crippen LogP contribution in [0.2, 0.25) is 0 Å². The van der Waals surface area contributed by atoms with E-state index in [2.05, 4.69) is 10.3 Å². The molecule has 0 atom stereocenters. The van der Waals surface area contributed by atoms with E-state index in [4.69, 9.17) is 5.26 Å². The van der Waals surface area contributed by atoms with Crippen molar-refractivity contribution < 1.29 is 4.79 Å². The number of nitriles is 1. The van der Waals surface area contributed by atoms with Gasteiger partial charge in [-0.1, -0.05) is 30.0 Å². The number of carbonyl (C=O) groups excluding carboxylic acids is 1. The van der Waals surface area contributed by atoms with Crippen LogP contribution in [0.25, 0.3) is 5.69 Å². The summed E-state index contributed by atoms with van der Waals surface area (Å²) in [5, 5.41) is 12.0. The van der Waals surface area contributed by atoms with Gasteiger partial charge in [-0.3, -0.25) is 14.2 Å². The second kappa shape index (κ2) is 8.34. The highest BCUT2D eigenvalue weighted by Gasteiger charge is 2.12. The van der Waals surface area contributed by atoms with E-state index >= 15 is 0 Å². The molecule has 0 radical (unpaired) electrons. The number of rotatable bonds is 5. The molecule has 7 heteroatoms. The Hall–Kier alpha value is -3.37. The van der Waals surface area contributed by atoms with Gasteiger partial charge >= 0.3 is 0 Å². The minimum absolute atomic E-state index is 0.0999. The first-order valence-corrected chi connectivity index (χ1v) is 9.14. The topological polar surface area (TPSA) is 87.8 Å². The molecule has 0 saturated heterocycles. The van der Waals surface area contributed by atoms with Crippen LogP contribution in [0.3, 0.4) is 0 Å². The van der Waals surface area contributed by atoms with Crippen LogP contribution in [-0.4, -0.2) is 21.2 Å². The van der Waals surface area contributed by atoms with Crippen LogP contribution in [0.4, 0.5) is 5.69 Å². The summed E-state index contributed by atoms with van der Waals surface area (Å²) in [6.45, 7) is 1.75. The van der Waals surface area contributed by atoms with Crippen LogP contribution in [0.5, 0.6) is 0 Å². The van der Waals surface area contributed by atoms with Crippen molar-refractivity contribution in [1.82, 2.24) is 9.55 Å². The fraction of sp³-hybridized carbons (Fsp3) is 0.100. The Balaban J connectivity index is 1.76. The van der Waals surface area contributed by atoms with Gasteiger partial charge in [0.05, 0.1) is 23.1 Å². The number of aryl methyl sites for hydroxylation is 1. The average Bonchev–Trinajstić information content (AvgIpc) is 2.67. The van der Waals surface area contributed by atoms with Crippen molar-refractivity contribution >= 4 is 23.4 Å². The standard InChI is InChI=1S/C20H16N4O2S/c1-14-11-19(26)24(17-5-3-2-4-6-17)20(22-14)27-13-18(25)23-16-9-7-15(12-21)8-10-16/h2-11H,13H2,1H3,(H,23,25). The maximum absolute atomic E-state index is 12.4. The monoisotopic (exact) mass is 376 g/mol. The predicted molar refractivity (Wildman–Crippen MR) is 105 cm³/mol. The molecule has 27 heavy (non-hydrogen) atoms. The van der Waals surface area contributed by atoms with Crippen molar-refractivity contribution in [2.24, 2.45) is 0 Å². The number of benzene rings is 2. The van der Waals surface area contributed by atoms with Crippen LogP contribution < -0.4 is 10.9 Å². The van der Waals surface area contributed by atoms with E-state index in [1.807, 2.05) is 36.4 Å². The normalized spacial score (nSPS) is 10.2. The first kappa shape index (κ1) is 18.4. The van der Waals surface area contributed by atoms with E-state index in [1.54, 1.807) is 31.2 Å². The third-order valence-corrected chi connectivity index (χ3v) is 4.60. The first-order valence-electron chi connectivity index (χ1n) is 8.16. The summed E-state index contributed by atoms with van der Waals surface area (Å²) in [4.78, 5) is 29.1. The molecule has 1 amide bonds. The molecule has 1 N–H and O–H groups in total. The number of thioether (sulfide) groups is 1. The highest BCUT2D eigenvalue weighted by molar-refractivity contribution is 7.99. The molecule has 0 fully saturated rings. The predicted octanol–water partition coefficient (Wildman–Crippen LogP) is 3.14. The number of nitrogens with one attached hydrogen (secondary N) is 1. The Morgan fingerprint density at radius 1 is 1.19 bits per heavy atom. The number of amides is 1. The molecule has 1 heterocycles. The molecule has 134 valence electrons. The van der Waals surface area contributed by atoms with Gasteiger partial charge in [0, 0.05) is 17.4 Å². The Bertz CT molecular complexity index is 1050. The minimum Gasteiger partial charge on any atom is -0.325 e. The molecule has 0 aliphatic rings. The summed E-state index contributed by atoms with van der Waals surface area (Å²) in [5.41, 5.74) is 2.24. The Morgan fingerprint density at radius 2 is 1.89 bits per heavy atom. The van der Waals surface area contributed by atoms with Crippen molar-refractivity contribution in [1.29, 1.82) is 5.26 Å². The fourth-order valence-electron chi connectivity index (χ4n) is 2.44. The van der Waals surface area contributed by atoms with Gasteiger partial charge in [-0.25, -0.2) is 4.98 Å². The van der Waals surface area contributed by atoms with Gasteiger partial charge in [-0.05, 0) is 43.3 Å². The Labute approximate surface area is 160 Å². The SMILES string of the molecule is Cc1cc(=O)n(-c2ccccc2)c(SCC(=O)Nc2ccc(C#N)cc2)n1. The summed E-state index contributed by atoms with van der Waals surface area (Å²) in [6.07, 6.45) is 0. The molecular weight excluding hydrogens is 360 g/mol. The van der Waals surface area contributed by atoms with Crippen molar-refractivity contribution in [3.8, 4) is 11.8 Å². The van der Waals surface area contributed by atoms with E-state index in [-0.39, 0.29) is 17.2 Å². The summed E-state index contributed by atoms with van der Waals surface area (Å²) in [5.74, 6) is -0.122. The van der Waals surface area contributed by atoms with Crippen LogP contribution in [0.1, 0.15) is 11.3 Å². The van der Waals surface area contributed by atoms with Crippen molar-refractivity contribution in [2.75, 3.05) is 11.1 Å². The van der Waals surface area contributed by atoms with Crippen LogP contribution in [-0.2, 0) is 4.79 Å². The Morgan fingerprint density at radius 3 is 2.56 bits per heavy atom. The van der Waals surface area contributed by atoms with E-state index in [9.17, 15) is 9.59 Å². The maximum Gasteiger partial charge on any atom is 0.258 e. The van der Waals surface area contributed by atoms with Gasteiger partial charge < -0.3 is 5.32 Å². The summed E-state index contributed by atoms with van der Waals surface area (Å²) >= 11 is 1.19. The lowest BCUT2D eigenvalue weighted by atomic mass is 10.2. The molecule has 3 aromatic rings. The molecule has 0 unspecified atom stereocenters. The molecule has 0 aliphatic carbocycles. The molecule has 0 saturated carbocycles. The Kier molecular flexibility index (Phi) is 5.69.